The van der Waals surface area contributed by atoms with Gasteiger partial charge in [0.25, 0.3) is 0 Å². The molecule has 0 radical (unpaired) electrons. The van der Waals surface area contributed by atoms with Crippen LogP contribution < -0.4 is 5.73 Å². The molecule has 0 spiro atoms. The van der Waals surface area contributed by atoms with Crippen molar-refractivity contribution in [3.8, 4) is 0 Å². The monoisotopic (exact) mass is 183 g/mol. The van der Waals surface area contributed by atoms with Crippen LogP contribution in [0.25, 0.3) is 0 Å². The fourth-order valence-electron chi connectivity index (χ4n) is 1.22. The molecule has 1 rings (SSSR count). The van der Waals surface area contributed by atoms with E-state index in [2.05, 4.69) is 0 Å². The highest BCUT2D eigenvalue weighted by Gasteiger charge is 1.99. The molecule has 0 unspecified atom stereocenters. The molecule has 1 aromatic rings. The van der Waals surface area contributed by atoms with Crippen LogP contribution >= 0.6 is 0 Å². The number of halogens is 1. The van der Waals surface area contributed by atoms with Crippen molar-refractivity contribution in [2.75, 3.05) is 12.3 Å². The number of hydrogen-bond acceptors (Lipinski definition) is 2. The minimum Gasteiger partial charge on any atom is -0.398 e. The van der Waals surface area contributed by atoms with Crippen molar-refractivity contribution in [1.29, 1.82) is 0 Å². The largest absolute Gasteiger partial charge is 0.398 e. The number of aliphatic hydroxyl groups excluding tert-OH is 1. The van der Waals surface area contributed by atoms with Crippen LogP contribution in [0, 0.1) is 5.82 Å². The van der Waals surface area contributed by atoms with E-state index in [1.165, 1.54) is 12.1 Å². The topological polar surface area (TPSA) is 46.2 Å². The van der Waals surface area contributed by atoms with E-state index >= 15 is 0 Å². The summed E-state index contributed by atoms with van der Waals surface area (Å²) in [6.45, 7) is 0.196. The molecule has 0 fully saturated rings. The number of nitrogen functional groups attached to an aromatic ring is 1. The summed E-state index contributed by atoms with van der Waals surface area (Å²) in [4.78, 5) is 0. The molecule has 0 heterocycles. The summed E-state index contributed by atoms with van der Waals surface area (Å²) in [6, 6.07) is 4.43. The number of aryl methyl sites for hydroxylation is 1. The molecule has 0 aliphatic rings. The molecule has 3 heteroatoms. The second-order valence-electron chi connectivity index (χ2n) is 3.02. The van der Waals surface area contributed by atoms with Crippen molar-refractivity contribution in [3.63, 3.8) is 0 Å². The van der Waals surface area contributed by atoms with Crippen LogP contribution in [0.2, 0.25) is 0 Å². The normalized spacial score (nSPS) is 10.3. The molecule has 1 aromatic carbocycles. The number of unbranched alkanes of at least 4 members (excludes halogenated alkanes) is 1. The molecular formula is C10H14FNO. The maximum absolute atomic E-state index is 12.6. The van der Waals surface area contributed by atoms with Crippen molar-refractivity contribution in [2.24, 2.45) is 0 Å². The summed E-state index contributed by atoms with van der Waals surface area (Å²) >= 11 is 0. The molecule has 0 aliphatic carbocycles. The van der Waals surface area contributed by atoms with Gasteiger partial charge in [-0.1, -0.05) is 6.07 Å². The molecular weight excluding hydrogens is 169 g/mol. The third-order valence-electron chi connectivity index (χ3n) is 1.96. The molecule has 3 N–H and O–H groups in total. The zero-order valence-electron chi connectivity index (χ0n) is 7.46. The van der Waals surface area contributed by atoms with E-state index in [0.717, 1.165) is 24.8 Å². The van der Waals surface area contributed by atoms with E-state index < -0.39 is 0 Å². The summed E-state index contributed by atoms with van der Waals surface area (Å²) in [5.41, 5.74) is 7.05. The van der Waals surface area contributed by atoms with Gasteiger partial charge in [-0.2, -0.15) is 0 Å². The van der Waals surface area contributed by atoms with E-state index in [4.69, 9.17) is 10.8 Å². The fraction of sp³-hybridized carbons (Fsp3) is 0.400. The minimum atomic E-state index is -0.302. The Morgan fingerprint density at radius 1 is 1.31 bits per heavy atom. The lowest BCUT2D eigenvalue weighted by atomic mass is 10.1. The highest BCUT2D eigenvalue weighted by Crippen LogP contribution is 2.15. The Bertz CT molecular complexity index is 276. The Morgan fingerprint density at radius 2 is 2.08 bits per heavy atom. The Labute approximate surface area is 77.2 Å². The first kappa shape index (κ1) is 9.99. The predicted octanol–water partition coefficient (Wildman–Crippen LogP) is 1.72. The SMILES string of the molecule is Nc1cc(F)ccc1CCCCO. The fourth-order valence-corrected chi connectivity index (χ4v) is 1.22. The van der Waals surface area contributed by atoms with E-state index in [9.17, 15) is 4.39 Å². The van der Waals surface area contributed by atoms with Crippen LogP contribution in [0.15, 0.2) is 18.2 Å². The molecule has 0 saturated heterocycles. The Hall–Kier alpha value is -1.09. The zero-order chi connectivity index (χ0) is 9.68. The van der Waals surface area contributed by atoms with Gasteiger partial charge >= 0.3 is 0 Å². The Kier molecular flexibility index (Phi) is 3.71. The average molecular weight is 183 g/mol. The summed E-state index contributed by atoms with van der Waals surface area (Å²) in [6.07, 6.45) is 2.44. The minimum absolute atomic E-state index is 0.196. The van der Waals surface area contributed by atoms with Crippen molar-refractivity contribution in [3.05, 3.63) is 29.6 Å². The van der Waals surface area contributed by atoms with Gasteiger partial charge in [0.1, 0.15) is 5.82 Å². The lowest BCUT2D eigenvalue weighted by molar-refractivity contribution is 0.284. The molecule has 0 aliphatic heterocycles. The summed E-state index contributed by atoms with van der Waals surface area (Å²) in [5, 5.41) is 8.57. The summed E-state index contributed by atoms with van der Waals surface area (Å²) in [7, 11) is 0. The highest BCUT2D eigenvalue weighted by molar-refractivity contribution is 5.46. The number of benzene rings is 1. The zero-order valence-corrected chi connectivity index (χ0v) is 7.46. The van der Waals surface area contributed by atoms with E-state index in [-0.39, 0.29) is 12.4 Å². The second-order valence-corrected chi connectivity index (χ2v) is 3.02. The van der Waals surface area contributed by atoms with Gasteiger partial charge in [0.05, 0.1) is 0 Å². The molecule has 0 amide bonds. The molecule has 72 valence electrons. The standard InChI is InChI=1S/C10H14FNO/c11-9-5-4-8(10(12)7-9)3-1-2-6-13/h4-5,7,13H,1-3,6,12H2. The van der Waals surface area contributed by atoms with Crippen LogP contribution in [0.1, 0.15) is 18.4 Å². The second kappa shape index (κ2) is 4.82. The van der Waals surface area contributed by atoms with Crippen LogP contribution in [0.3, 0.4) is 0 Å². The number of nitrogens with two attached hydrogens (primary N) is 1. The number of rotatable bonds is 4. The van der Waals surface area contributed by atoms with Gasteiger partial charge in [0, 0.05) is 12.3 Å². The van der Waals surface area contributed by atoms with E-state index in [0.29, 0.717) is 5.69 Å². The van der Waals surface area contributed by atoms with Gasteiger partial charge in [-0.3, -0.25) is 0 Å². The van der Waals surface area contributed by atoms with Gasteiger partial charge in [-0.25, -0.2) is 4.39 Å². The Morgan fingerprint density at radius 3 is 2.69 bits per heavy atom. The van der Waals surface area contributed by atoms with Crippen LogP contribution in [0.5, 0.6) is 0 Å². The molecule has 2 nitrogen and oxygen atoms in total. The maximum atomic E-state index is 12.6. The summed E-state index contributed by atoms with van der Waals surface area (Å²) in [5.74, 6) is -0.302. The molecule has 0 saturated carbocycles. The van der Waals surface area contributed by atoms with Crippen molar-refractivity contribution >= 4 is 5.69 Å². The quantitative estimate of drug-likeness (QED) is 0.551. The number of aliphatic hydroxyl groups is 1. The smallest absolute Gasteiger partial charge is 0.125 e. The summed E-state index contributed by atoms with van der Waals surface area (Å²) < 4.78 is 12.6. The van der Waals surface area contributed by atoms with E-state index in [1.54, 1.807) is 6.07 Å². The first-order chi connectivity index (χ1) is 6.24. The predicted molar refractivity (Wildman–Crippen MR) is 50.8 cm³/mol. The van der Waals surface area contributed by atoms with Gasteiger partial charge in [-0.15, -0.1) is 0 Å². The van der Waals surface area contributed by atoms with Gasteiger partial charge in [0.15, 0.2) is 0 Å². The van der Waals surface area contributed by atoms with Gasteiger partial charge < -0.3 is 10.8 Å². The maximum Gasteiger partial charge on any atom is 0.125 e. The van der Waals surface area contributed by atoms with Crippen molar-refractivity contribution in [1.82, 2.24) is 0 Å². The molecule has 0 aromatic heterocycles. The van der Waals surface area contributed by atoms with Crippen LogP contribution in [0.4, 0.5) is 10.1 Å². The van der Waals surface area contributed by atoms with Crippen LogP contribution in [-0.2, 0) is 6.42 Å². The first-order valence-corrected chi connectivity index (χ1v) is 4.39. The number of hydrogen-bond donors (Lipinski definition) is 2. The van der Waals surface area contributed by atoms with Gasteiger partial charge in [0.2, 0.25) is 0 Å². The van der Waals surface area contributed by atoms with Gasteiger partial charge in [-0.05, 0) is 37.0 Å². The lowest BCUT2D eigenvalue weighted by Gasteiger charge is -2.04. The third kappa shape index (κ3) is 3.03. The number of anilines is 1. The van der Waals surface area contributed by atoms with Crippen molar-refractivity contribution < 1.29 is 9.50 Å². The molecule has 0 bridgehead atoms. The first-order valence-electron chi connectivity index (χ1n) is 4.39. The lowest BCUT2D eigenvalue weighted by Crippen LogP contribution is -1.96. The van der Waals surface area contributed by atoms with E-state index in [1.807, 2.05) is 0 Å². The molecule has 13 heavy (non-hydrogen) atoms. The van der Waals surface area contributed by atoms with Crippen molar-refractivity contribution in [2.45, 2.75) is 19.3 Å². The van der Waals surface area contributed by atoms with Crippen LogP contribution in [-0.4, -0.2) is 11.7 Å². The average Bonchev–Trinajstić information content (AvgIpc) is 2.09. The highest BCUT2D eigenvalue weighted by atomic mass is 19.1. The molecule has 0 atom stereocenters. The third-order valence-corrected chi connectivity index (χ3v) is 1.96. The Balaban J connectivity index is 2.56.